The van der Waals surface area contributed by atoms with Crippen LogP contribution in [0, 0.1) is 11.6 Å². The van der Waals surface area contributed by atoms with Gasteiger partial charge in [-0.05, 0) is 13.0 Å². The van der Waals surface area contributed by atoms with E-state index in [0.717, 1.165) is 11.0 Å². The Kier molecular flexibility index (Phi) is 4.52. The van der Waals surface area contributed by atoms with Crippen molar-refractivity contribution in [2.75, 3.05) is 26.2 Å². The van der Waals surface area contributed by atoms with E-state index in [1.54, 1.807) is 6.92 Å². The molecule has 1 aromatic carbocycles. The van der Waals surface area contributed by atoms with Gasteiger partial charge < -0.3 is 14.9 Å². The molecule has 0 aliphatic carbocycles. The van der Waals surface area contributed by atoms with Crippen molar-refractivity contribution in [2.45, 2.75) is 13.0 Å². The number of aliphatic hydroxyl groups is 1. The van der Waals surface area contributed by atoms with Crippen LogP contribution < -0.4 is 0 Å². The lowest BCUT2D eigenvalue weighted by molar-refractivity contribution is -0.151. The highest BCUT2D eigenvalue weighted by atomic mass is 19.2. The van der Waals surface area contributed by atoms with Crippen LogP contribution in [0.1, 0.15) is 18.6 Å². The third kappa shape index (κ3) is 3.18. The van der Waals surface area contributed by atoms with Crippen molar-refractivity contribution < 1.29 is 23.5 Å². The second kappa shape index (κ2) is 6.17. The quantitative estimate of drug-likeness (QED) is 0.889. The van der Waals surface area contributed by atoms with Gasteiger partial charge in [-0.1, -0.05) is 12.1 Å². The fourth-order valence-corrected chi connectivity index (χ4v) is 2.24. The van der Waals surface area contributed by atoms with E-state index in [0.29, 0.717) is 6.54 Å². The van der Waals surface area contributed by atoms with Crippen LogP contribution in [-0.2, 0) is 9.59 Å². The molecule has 1 heterocycles. The Hall–Kier alpha value is -2.02. The average molecular weight is 298 g/mol. The minimum absolute atomic E-state index is 0.0618. The highest BCUT2D eigenvalue weighted by Gasteiger charge is 2.31. The smallest absolute Gasteiger partial charge is 0.242 e. The Morgan fingerprint density at radius 2 is 1.81 bits per heavy atom. The van der Waals surface area contributed by atoms with E-state index in [1.807, 2.05) is 0 Å². The molecule has 1 fully saturated rings. The number of likely N-dealkylation sites (N-methyl/N-ethyl adjacent to an activating group) is 1. The zero-order valence-electron chi connectivity index (χ0n) is 11.6. The molecule has 0 aromatic heterocycles. The second-order valence-corrected chi connectivity index (χ2v) is 4.84. The molecule has 0 spiro atoms. The van der Waals surface area contributed by atoms with Crippen molar-refractivity contribution in [3.8, 4) is 0 Å². The first-order valence-electron chi connectivity index (χ1n) is 6.61. The van der Waals surface area contributed by atoms with E-state index in [4.69, 9.17) is 0 Å². The fraction of sp³-hybridized carbons (Fsp3) is 0.429. The molecule has 1 N–H and O–H groups in total. The Morgan fingerprint density at radius 3 is 2.48 bits per heavy atom. The summed E-state index contributed by atoms with van der Waals surface area (Å²) in [6.07, 6.45) is -1.38. The van der Waals surface area contributed by atoms with Crippen LogP contribution in [0.25, 0.3) is 0 Å². The number of nitrogens with zero attached hydrogens (tertiary/aromatic N) is 2. The molecule has 1 aliphatic heterocycles. The zero-order valence-corrected chi connectivity index (χ0v) is 11.6. The van der Waals surface area contributed by atoms with Crippen LogP contribution in [0.5, 0.6) is 0 Å². The summed E-state index contributed by atoms with van der Waals surface area (Å²) in [6.45, 7) is 1.72. The summed E-state index contributed by atoms with van der Waals surface area (Å²) in [7, 11) is 0. The number of carbonyl (C=O) groups excluding carboxylic acids is 2. The molecule has 0 saturated carbocycles. The molecule has 2 amide bonds. The number of halogens is 2. The predicted molar refractivity (Wildman–Crippen MR) is 70.2 cm³/mol. The minimum Gasteiger partial charge on any atom is -0.386 e. The van der Waals surface area contributed by atoms with Gasteiger partial charge in [0.15, 0.2) is 11.6 Å². The molecule has 114 valence electrons. The van der Waals surface area contributed by atoms with Gasteiger partial charge in [0.25, 0.3) is 0 Å². The maximum atomic E-state index is 13.6. The maximum absolute atomic E-state index is 13.6. The molecule has 1 atom stereocenters. The van der Waals surface area contributed by atoms with Gasteiger partial charge in [-0.3, -0.25) is 9.59 Å². The van der Waals surface area contributed by atoms with Gasteiger partial charge in [-0.25, -0.2) is 8.78 Å². The summed E-state index contributed by atoms with van der Waals surface area (Å²) in [5.74, 6) is -2.77. The van der Waals surface area contributed by atoms with Gasteiger partial charge in [-0.2, -0.15) is 0 Å². The topological polar surface area (TPSA) is 60.9 Å². The molecular weight excluding hydrogens is 282 g/mol. The van der Waals surface area contributed by atoms with Crippen molar-refractivity contribution >= 4 is 11.8 Å². The number of hydrogen-bond acceptors (Lipinski definition) is 3. The third-order valence-electron chi connectivity index (χ3n) is 3.47. The van der Waals surface area contributed by atoms with Gasteiger partial charge >= 0.3 is 0 Å². The van der Waals surface area contributed by atoms with Crippen LogP contribution in [0.15, 0.2) is 18.2 Å². The Labute approximate surface area is 120 Å². The first-order valence-corrected chi connectivity index (χ1v) is 6.61. The SMILES string of the molecule is CCN1CC(=O)N(CC(O)c2cccc(F)c2F)CC1=O. The molecule has 1 saturated heterocycles. The van der Waals surface area contributed by atoms with Crippen molar-refractivity contribution in [3.05, 3.63) is 35.4 Å². The lowest BCUT2D eigenvalue weighted by atomic mass is 10.1. The van der Waals surface area contributed by atoms with E-state index in [2.05, 4.69) is 0 Å². The average Bonchev–Trinajstić information content (AvgIpc) is 2.45. The summed E-state index contributed by atoms with van der Waals surface area (Å²) in [6, 6.07) is 3.47. The van der Waals surface area contributed by atoms with Crippen molar-refractivity contribution in [1.82, 2.24) is 9.80 Å². The lowest BCUT2D eigenvalue weighted by Gasteiger charge is -2.34. The van der Waals surface area contributed by atoms with Gasteiger partial charge in [0, 0.05) is 12.1 Å². The first kappa shape index (κ1) is 15.4. The van der Waals surface area contributed by atoms with Crippen LogP contribution in [-0.4, -0.2) is 52.9 Å². The molecule has 0 radical (unpaired) electrons. The monoisotopic (exact) mass is 298 g/mol. The van der Waals surface area contributed by atoms with E-state index >= 15 is 0 Å². The Balaban J connectivity index is 2.09. The second-order valence-electron chi connectivity index (χ2n) is 4.84. The van der Waals surface area contributed by atoms with Crippen LogP contribution in [0.3, 0.4) is 0 Å². The number of carbonyl (C=O) groups is 2. The number of aliphatic hydroxyl groups excluding tert-OH is 1. The van der Waals surface area contributed by atoms with Gasteiger partial charge in [0.1, 0.15) is 0 Å². The molecule has 1 aliphatic rings. The molecule has 1 aromatic rings. The first-order chi connectivity index (χ1) is 9.93. The van der Waals surface area contributed by atoms with E-state index in [9.17, 15) is 23.5 Å². The normalized spacial score (nSPS) is 17.3. The van der Waals surface area contributed by atoms with Gasteiger partial charge in [-0.15, -0.1) is 0 Å². The number of rotatable bonds is 4. The highest BCUT2D eigenvalue weighted by Crippen LogP contribution is 2.21. The lowest BCUT2D eigenvalue weighted by Crippen LogP contribution is -2.54. The summed E-state index contributed by atoms with van der Waals surface area (Å²) < 4.78 is 26.7. The number of benzene rings is 1. The van der Waals surface area contributed by atoms with Crippen molar-refractivity contribution in [3.63, 3.8) is 0 Å². The summed E-state index contributed by atoms with van der Waals surface area (Å²) >= 11 is 0. The largest absolute Gasteiger partial charge is 0.386 e. The fourth-order valence-electron chi connectivity index (χ4n) is 2.24. The van der Waals surface area contributed by atoms with E-state index in [-0.39, 0.29) is 37.0 Å². The number of amides is 2. The summed E-state index contributed by atoms with van der Waals surface area (Å²) in [5, 5.41) is 9.98. The van der Waals surface area contributed by atoms with E-state index in [1.165, 1.54) is 17.0 Å². The number of hydrogen-bond donors (Lipinski definition) is 1. The molecule has 7 heteroatoms. The molecule has 5 nitrogen and oxygen atoms in total. The zero-order chi connectivity index (χ0) is 15.6. The molecule has 1 unspecified atom stereocenters. The Bertz CT molecular complexity index is 565. The molecule has 21 heavy (non-hydrogen) atoms. The minimum atomic E-state index is -1.38. The molecular formula is C14H16F2N2O3. The van der Waals surface area contributed by atoms with Gasteiger partial charge in [0.2, 0.25) is 11.8 Å². The summed E-state index contributed by atoms with van der Waals surface area (Å²) in [4.78, 5) is 26.2. The summed E-state index contributed by atoms with van der Waals surface area (Å²) in [5.41, 5.74) is -0.229. The van der Waals surface area contributed by atoms with Crippen LogP contribution in [0.2, 0.25) is 0 Å². The Morgan fingerprint density at radius 1 is 1.19 bits per heavy atom. The molecule has 2 rings (SSSR count). The van der Waals surface area contributed by atoms with Gasteiger partial charge in [0.05, 0.1) is 25.7 Å². The number of piperazine rings is 1. The third-order valence-corrected chi connectivity index (χ3v) is 3.47. The van der Waals surface area contributed by atoms with E-state index < -0.39 is 17.7 Å². The molecule has 0 bridgehead atoms. The van der Waals surface area contributed by atoms with Crippen LogP contribution >= 0.6 is 0 Å². The van der Waals surface area contributed by atoms with Crippen molar-refractivity contribution in [2.24, 2.45) is 0 Å². The standard InChI is InChI=1S/C14H16F2N2O3/c1-2-17-7-13(21)18(8-12(17)20)6-11(19)9-4-3-5-10(15)14(9)16/h3-5,11,19H,2,6-8H2,1H3. The predicted octanol–water partition coefficient (Wildman–Crippen LogP) is 0.689. The highest BCUT2D eigenvalue weighted by molar-refractivity contribution is 5.92. The van der Waals surface area contributed by atoms with Crippen molar-refractivity contribution in [1.29, 1.82) is 0 Å². The number of β-amino-alcohol motifs (C(OH)–C–C–N with tert-alkyl or cyclic N) is 1. The maximum Gasteiger partial charge on any atom is 0.242 e. The van der Waals surface area contributed by atoms with Crippen LogP contribution in [0.4, 0.5) is 8.78 Å².